The molecular weight excluding hydrogens is 299 g/mol. The van der Waals surface area contributed by atoms with Crippen molar-refractivity contribution in [1.82, 2.24) is 5.32 Å². The molecule has 0 aliphatic rings. The first-order chi connectivity index (χ1) is 10.9. The molecule has 0 fully saturated rings. The monoisotopic (exact) mass is 320 g/mol. The quantitative estimate of drug-likeness (QED) is 0.304. The highest BCUT2D eigenvalue weighted by Crippen LogP contribution is 2.20. The second-order valence-electron chi connectivity index (χ2n) is 4.18. The third kappa shape index (κ3) is 6.69. The van der Waals surface area contributed by atoms with Gasteiger partial charge >= 0.3 is 6.09 Å². The van der Waals surface area contributed by atoms with Gasteiger partial charge in [-0.05, 0) is 26.6 Å². The summed E-state index contributed by atoms with van der Waals surface area (Å²) in [6.07, 6.45) is 4.41. The Morgan fingerprint density at radius 1 is 1.26 bits per heavy atom. The molecule has 0 saturated heterocycles. The van der Waals surface area contributed by atoms with Crippen molar-refractivity contribution in [3.63, 3.8) is 0 Å². The number of hydrogen-bond donors (Lipinski definition) is 1. The van der Waals surface area contributed by atoms with Crippen molar-refractivity contribution >= 4 is 18.6 Å². The molecule has 0 atom stereocenters. The van der Waals surface area contributed by atoms with Gasteiger partial charge in [-0.2, -0.15) is 0 Å². The minimum absolute atomic E-state index is 0.0249. The maximum absolute atomic E-state index is 14.5. The van der Waals surface area contributed by atoms with Crippen LogP contribution in [-0.2, 0) is 9.53 Å². The Labute approximate surface area is 135 Å². The van der Waals surface area contributed by atoms with Crippen molar-refractivity contribution in [1.29, 1.82) is 0 Å². The molecular formula is C17H21FN2O3. The van der Waals surface area contributed by atoms with Crippen molar-refractivity contribution in [2.75, 3.05) is 6.61 Å². The number of halogens is 1. The van der Waals surface area contributed by atoms with E-state index in [1.54, 1.807) is 13.0 Å². The highest BCUT2D eigenvalue weighted by Gasteiger charge is 2.19. The number of carbonyl (C=O) groups is 2. The number of Topliss-reactive ketones (excluding diaryl/α,β-unsaturated/α-hetero) is 1. The topological polar surface area (TPSA) is 67.8 Å². The zero-order chi connectivity index (χ0) is 17.8. The van der Waals surface area contributed by atoms with E-state index in [4.69, 9.17) is 4.74 Å². The predicted molar refractivity (Wildman–Crippen MR) is 89.7 cm³/mol. The van der Waals surface area contributed by atoms with E-state index in [0.717, 1.165) is 6.08 Å². The minimum Gasteiger partial charge on any atom is -0.445 e. The molecule has 0 heterocycles. The summed E-state index contributed by atoms with van der Waals surface area (Å²) in [4.78, 5) is 27.3. The normalized spacial score (nSPS) is 12.8. The molecule has 0 saturated carbocycles. The first-order valence-corrected chi connectivity index (χ1v) is 6.83. The van der Waals surface area contributed by atoms with Crippen LogP contribution in [0.15, 0.2) is 65.2 Å². The molecule has 0 aromatic heterocycles. The van der Waals surface area contributed by atoms with Crippen LogP contribution < -0.4 is 5.32 Å². The number of aliphatic imine (C=N–C) groups is 1. The number of hydrogen-bond acceptors (Lipinski definition) is 4. The van der Waals surface area contributed by atoms with E-state index >= 15 is 0 Å². The van der Waals surface area contributed by atoms with Crippen LogP contribution in [0.1, 0.15) is 20.3 Å². The highest BCUT2D eigenvalue weighted by molar-refractivity contribution is 6.00. The van der Waals surface area contributed by atoms with Crippen LogP contribution >= 0.6 is 0 Å². The molecule has 5 nitrogen and oxygen atoms in total. The number of amides is 1. The lowest BCUT2D eigenvalue weighted by atomic mass is 10.0. The van der Waals surface area contributed by atoms with Crippen LogP contribution in [0.3, 0.4) is 0 Å². The third-order valence-corrected chi connectivity index (χ3v) is 2.71. The first-order valence-electron chi connectivity index (χ1n) is 6.83. The van der Waals surface area contributed by atoms with E-state index in [0.29, 0.717) is 5.70 Å². The van der Waals surface area contributed by atoms with Gasteiger partial charge in [0.25, 0.3) is 0 Å². The van der Waals surface area contributed by atoms with Gasteiger partial charge in [0, 0.05) is 5.70 Å². The third-order valence-electron chi connectivity index (χ3n) is 2.71. The van der Waals surface area contributed by atoms with E-state index < -0.39 is 17.7 Å². The predicted octanol–water partition coefficient (Wildman–Crippen LogP) is 3.78. The van der Waals surface area contributed by atoms with E-state index in [1.165, 1.54) is 19.1 Å². The zero-order valence-corrected chi connectivity index (χ0v) is 13.4. The van der Waals surface area contributed by atoms with Crippen molar-refractivity contribution < 1.29 is 18.7 Å². The molecule has 0 unspecified atom stereocenters. The van der Waals surface area contributed by atoms with Crippen LogP contribution in [0, 0.1) is 0 Å². The van der Waals surface area contributed by atoms with Crippen LogP contribution in [0.2, 0.25) is 0 Å². The SMILES string of the molecule is C=CCOC(=O)N/C(C=C)=C(F)/C(=C\C)C(=O)C/C(=C/C)N=C. The largest absolute Gasteiger partial charge is 0.445 e. The Kier molecular flexibility index (Phi) is 9.59. The van der Waals surface area contributed by atoms with E-state index in [1.807, 2.05) is 0 Å². The minimum atomic E-state index is -0.900. The summed E-state index contributed by atoms with van der Waals surface area (Å²) in [5, 5.41) is 2.19. The molecule has 1 amide bonds. The van der Waals surface area contributed by atoms with Crippen molar-refractivity contribution in [3.8, 4) is 0 Å². The summed E-state index contributed by atoms with van der Waals surface area (Å²) in [5.74, 6) is -1.39. The van der Waals surface area contributed by atoms with Gasteiger partial charge in [-0.25, -0.2) is 9.18 Å². The molecule has 6 heteroatoms. The lowest BCUT2D eigenvalue weighted by Gasteiger charge is -2.10. The van der Waals surface area contributed by atoms with E-state index in [2.05, 4.69) is 30.2 Å². The molecule has 0 radical (unpaired) electrons. The smallest absolute Gasteiger partial charge is 0.412 e. The standard InChI is InChI=1S/C17H21FN2O3/c1-6-10-23-17(22)20-14(9-4)16(18)13(8-3)15(21)11-12(7-2)19-5/h6-9H,1,4-5,10-11H2,2-3H3,(H,20,22)/b12-7-,13-8-,16-14-. The Hall–Kier alpha value is -2.76. The van der Waals surface area contributed by atoms with Gasteiger partial charge in [-0.3, -0.25) is 15.1 Å². The summed E-state index contributed by atoms with van der Waals surface area (Å²) in [7, 11) is 0. The number of nitrogens with zero attached hydrogens (tertiary/aromatic N) is 1. The molecule has 0 spiro atoms. The molecule has 0 aliphatic heterocycles. The number of nitrogens with one attached hydrogen (secondary N) is 1. The molecule has 0 aliphatic carbocycles. The number of allylic oxidation sites excluding steroid dienone is 6. The van der Waals surface area contributed by atoms with Gasteiger partial charge in [-0.15, -0.1) is 0 Å². The Morgan fingerprint density at radius 2 is 1.91 bits per heavy atom. The summed E-state index contributed by atoms with van der Waals surface area (Å²) in [6, 6.07) is 0. The van der Waals surface area contributed by atoms with E-state index in [-0.39, 0.29) is 24.3 Å². The molecule has 0 aromatic rings. The average Bonchev–Trinajstić information content (AvgIpc) is 2.55. The Morgan fingerprint density at radius 3 is 2.35 bits per heavy atom. The number of alkyl carbamates (subject to hydrolysis) is 1. The zero-order valence-electron chi connectivity index (χ0n) is 13.4. The molecule has 124 valence electrons. The molecule has 1 N–H and O–H groups in total. The average molecular weight is 320 g/mol. The fourth-order valence-electron chi connectivity index (χ4n) is 1.54. The summed E-state index contributed by atoms with van der Waals surface area (Å²) in [6.45, 7) is 13.3. The van der Waals surface area contributed by atoms with Crippen molar-refractivity contribution in [3.05, 3.63) is 60.3 Å². The summed E-state index contributed by atoms with van der Waals surface area (Å²) >= 11 is 0. The van der Waals surface area contributed by atoms with Gasteiger partial charge in [0.05, 0.1) is 17.7 Å². The van der Waals surface area contributed by atoms with Crippen LogP contribution in [0.5, 0.6) is 0 Å². The van der Waals surface area contributed by atoms with Gasteiger partial charge in [-0.1, -0.05) is 31.4 Å². The number of carbonyl (C=O) groups excluding carboxylic acids is 2. The lowest BCUT2D eigenvalue weighted by Crippen LogP contribution is -2.24. The maximum Gasteiger partial charge on any atom is 0.412 e. The molecule has 0 bridgehead atoms. The van der Waals surface area contributed by atoms with Gasteiger partial charge in [0.2, 0.25) is 0 Å². The van der Waals surface area contributed by atoms with Gasteiger partial charge in [0.15, 0.2) is 11.6 Å². The lowest BCUT2D eigenvalue weighted by molar-refractivity contribution is -0.114. The summed E-state index contributed by atoms with van der Waals surface area (Å²) in [5.41, 5.74) is -0.0123. The summed E-state index contributed by atoms with van der Waals surface area (Å²) < 4.78 is 19.2. The van der Waals surface area contributed by atoms with Crippen LogP contribution in [-0.4, -0.2) is 25.2 Å². The van der Waals surface area contributed by atoms with Crippen molar-refractivity contribution in [2.45, 2.75) is 20.3 Å². The number of rotatable bonds is 9. The molecule has 0 aromatic carbocycles. The second-order valence-corrected chi connectivity index (χ2v) is 4.18. The van der Waals surface area contributed by atoms with Gasteiger partial charge < -0.3 is 4.74 Å². The molecule has 23 heavy (non-hydrogen) atoms. The van der Waals surface area contributed by atoms with Crippen LogP contribution in [0.4, 0.5) is 9.18 Å². The maximum atomic E-state index is 14.5. The van der Waals surface area contributed by atoms with E-state index in [9.17, 15) is 14.0 Å². The highest BCUT2D eigenvalue weighted by atomic mass is 19.1. The Balaban J connectivity index is 5.35. The van der Waals surface area contributed by atoms with Gasteiger partial charge in [0.1, 0.15) is 6.61 Å². The Bertz CT molecular complexity index is 587. The fourth-order valence-corrected chi connectivity index (χ4v) is 1.54. The first kappa shape index (κ1) is 20.2. The van der Waals surface area contributed by atoms with Crippen LogP contribution in [0.25, 0.3) is 0 Å². The number of ketones is 1. The second kappa shape index (κ2) is 10.9. The molecule has 0 rings (SSSR count). The number of ether oxygens (including phenoxy) is 1. The fraction of sp³-hybridized carbons (Fsp3) is 0.235. The van der Waals surface area contributed by atoms with Crippen molar-refractivity contribution in [2.24, 2.45) is 4.99 Å².